The maximum Gasteiger partial charge on any atom is 0.325 e. The molecule has 1 amide bonds. The highest BCUT2D eigenvalue weighted by molar-refractivity contribution is 7.16. The molecule has 0 spiro atoms. The molecule has 8 heteroatoms. The van der Waals surface area contributed by atoms with Gasteiger partial charge < -0.3 is 18.8 Å². The first kappa shape index (κ1) is 20.6. The van der Waals surface area contributed by atoms with Gasteiger partial charge in [-0.1, -0.05) is 23.5 Å². The summed E-state index contributed by atoms with van der Waals surface area (Å²) in [6.45, 7) is 2.43. The van der Waals surface area contributed by atoms with Crippen molar-refractivity contribution < 1.29 is 23.8 Å². The van der Waals surface area contributed by atoms with Gasteiger partial charge in [-0.05, 0) is 42.8 Å². The van der Waals surface area contributed by atoms with E-state index in [2.05, 4.69) is 4.99 Å². The zero-order valence-corrected chi connectivity index (χ0v) is 17.3. The van der Waals surface area contributed by atoms with Gasteiger partial charge in [0.1, 0.15) is 18.0 Å². The van der Waals surface area contributed by atoms with Crippen molar-refractivity contribution in [3.63, 3.8) is 0 Å². The van der Waals surface area contributed by atoms with Crippen LogP contribution in [0.3, 0.4) is 0 Å². The number of carbonyl (C=O) groups excluding carboxylic acids is 2. The molecule has 0 bridgehead atoms. The number of fused-ring (bicyclic) bond motifs is 1. The Morgan fingerprint density at radius 1 is 1.10 bits per heavy atom. The largest absolute Gasteiger partial charge is 0.497 e. The van der Waals surface area contributed by atoms with Crippen molar-refractivity contribution in [2.75, 3.05) is 20.8 Å². The normalized spacial score (nSPS) is 11.5. The second-order valence-electron chi connectivity index (χ2n) is 6.14. The van der Waals surface area contributed by atoms with Gasteiger partial charge in [-0.15, -0.1) is 0 Å². The second-order valence-corrected chi connectivity index (χ2v) is 7.15. The van der Waals surface area contributed by atoms with Crippen molar-refractivity contribution in [3.05, 3.63) is 52.8 Å². The lowest BCUT2D eigenvalue weighted by atomic mass is 10.1. The van der Waals surface area contributed by atoms with Crippen LogP contribution in [0, 0.1) is 0 Å². The molecule has 1 aromatic heterocycles. The minimum atomic E-state index is -0.416. The number of thiazole rings is 1. The van der Waals surface area contributed by atoms with Crippen molar-refractivity contribution in [2.45, 2.75) is 19.9 Å². The molecule has 29 heavy (non-hydrogen) atoms. The Morgan fingerprint density at radius 2 is 1.93 bits per heavy atom. The van der Waals surface area contributed by atoms with Gasteiger partial charge in [0.15, 0.2) is 4.80 Å². The fourth-order valence-corrected chi connectivity index (χ4v) is 3.92. The molecule has 2 aromatic carbocycles. The zero-order valence-electron chi connectivity index (χ0n) is 16.5. The molecule has 0 saturated heterocycles. The first-order chi connectivity index (χ1) is 14.0. The molecular weight excluding hydrogens is 392 g/mol. The van der Waals surface area contributed by atoms with Crippen LogP contribution >= 0.6 is 11.3 Å². The maximum atomic E-state index is 12.6. The van der Waals surface area contributed by atoms with E-state index in [1.165, 1.54) is 18.4 Å². The molecule has 0 aliphatic heterocycles. The predicted molar refractivity (Wildman–Crippen MR) is 110 cm³/mol. The Kier molecular flexibility index (Phi) is 6.66. The monoisotopic (exact) mass is 414 g/mol. The maximum absolute atomic E-state index is 12.6. The molecule has 0 atom stereocenters. The van der Waals surface area contributed by atoms with E-state index in [-0.39, 0.29) is 18.9 Å². The summed E-state index contributed by atoms with van der Waals surface area (Å²) in [5.41, 5.74) is 1.59. The third-order valence-corrected chi connectivity index (χ3v) is 5.23. The summed E-state index contributed by atoms with van der Waals surface area (Å²) in [5.74, 6) is 0.677. The minimum Gasteiger partial charge on any atom is -0.497 e. The molecule has 0 unspecified atom stereocenters. The van der Waals surface area contributed by atoms with Gasteiger partial charge in [-0.25, -0.2) is 0 Å². The minimum absolute atomic E-state index is 0.0320. The lowest BCUT2D eigenvalue weighted by molar-refractivity contribution is -0.141. The quantitative estimate of drug-likeness (QED) is 0.556. The van der Waals surface area contributed by atoms with Crippen LogP contribution < -0.4 is 14.3 Å². The third-order valence-electron chi connectivity index (χ3n) is 4.19. The number of benzene rings is 2. The van der Waals surface area contributed by atoms with Gasteiger partial charge in [-0.3, -0.25) is 9.59 Å². The molecule has 152 valence electrons. The van der Waals surface area contributed by atoms with Crippen LogP contribution in [0.2, 0.25) is 0 Å². The Morgan fingerprint density at radius 3 is 2.66 bits per heavy atom. The highest BCUT2D eigenvalue weighted by Crippen LogP contribution is 2.23. The summed E-state index contributed by atoms with van der Waals surface area (Å²) < 4.78 is 18.1. The third kappa shape index (κ3) is 5.03. The van der Waals surface area contributed by atoms with Crippen LogP contribution in [0.15, 0.2) is 47.5 Å². The van der Waals surface area contributed by atoms with Gasteiger partial charge in [-0.2, -0.15) is 4.99 Å². The summed E-state index contributed by atoms with van der Waals surface area (Å²) in [7, 11) is 2.91. The number of hydrogen-bond donors (Lipinski definition) is 0. The van der Waals surface area contributed by atoms with E-state index >= 15 is 0 Å². The lowest BCUT2D eigenvalue weighted by Crippen LogP contribution is -2.22. The second kappa shape index (κ2) is 9.38. The Balaban J connectivity index is 1.99. The van der Waals surface area contributed by atoms with E-state index in [1.807, 2.05) is 43.3 Å². The molecule has 0 N–H and O–H groups in total. The number of methoxy groups -OCH3 is 2. The topological polar surface area (TPSA) is 79.1 Å². The highest BCUT2D eigenvalue weighted by Gasteiger charge is 2.13. The average molecular weight is 414 g/mol. The predicted octanol–water partition coefficient (Wildman–Crippen LogP) is 2.95. The molecule has 0 aliphatic carbocycles. The molecule has 0 aliphatic rings. The number of carbonyl (C=O) groups is 2. The molecule has 3 aromatic rings. The van der Waals surface area contributed by atoms with E-state index in [1.54, 1.807) is 17.7 Å². The summed E-state index contributed by atoms with van der Waals surface area (Å²) in [4.78, 5) is 29.2. The summed E-state index contributed by atoms with van der Waals surface area (Å²) in [6, 6.07) is 12.8. The van der Waals surface area contributed by atoms with E-state index < -0.39 is 5.97 Å². The molecule has 7 nitrogen and oxygen atoms in total. The Bertz CT molecular complexity index is 1100. The van der Waals surface area contributed by atoms with Gasteiger partial charge in [0, 0.05) is 0 Å². The number of aromatic nitrogens is 1. The van der Waals surface area contributed by atoms with Crippen molar-refractivity contribution in [1.82, 2.24) is 4.57 Å². The number of amides is 1. The van der Waals surface area contributed by atoms with E-state index in [4.69, 9.17) is 14.2 Å². The molecule has 0 fully saturated rings. The van der Waals surface area contributed by atoms with E-state index in [0.717, 1.165) is 21.5 Å². The Hall–Kier alpha value is -3.13. The first-order valence-electron chi connectivity index (χ1n) is 9.07. The number of ether oxygens (including phenoxy) is 3. The van der Waals surface area contributed by atoms with E-state index in [0.29, 0.717) is 17.2 Å². The van der Waals surface area contributed by atoms with Crippen LogP contribution in [0.1, 0.15) is 12.5 Å². The van der Waals surface area contributed by atoms with Gasteiger partial charge in [0.05, 0.1) is 37.5 Å². The zero-order chi connectivity index (χ0) is 20.8. The lowest BCUT2D eigenvalue weighted by Gasteiger charge is -2.05. The Labute approximate surface area is 172 Å². The molecule has 3 rings (SSSR count). The van der Waals surface area contributed by atoms with Gasteiger partial charge >= 0.3 is 5.97 Å². The molecule has 0 saturated carbocycles. The summed E-state index contributed by atoms with van der Waals surface area (Å²) in [6.07, 6.45) is 0.133. The summed E-state index contributed by atoms with van der Waals surface area (Å²) >= 11 is 1.33. The van der Waals surface area contributed by atoms with Crippen molar-refractivity contribution in [2.24, 2.45) is 4.99 Å². The molecular formula is C21H22N2O5S. The van der Waals surface area contributed by atoms with Crippen molar-refractivity contribution in [1.29, 1.82) is 0 Å². The fourth-order valence-electron chi connectivity index (χ4n) is 2.85. The number of hydrogen-bond acceptors (Lipinski definition) is 6. The molecule has 1 heterocycles. The number of nitrogens with zero attached hydrogens (tertiary/aromatic N) is 2. The van der Waals surface area contributed by atoms with Crippen LogP contribution in [0.4, 0.5) is 0 Å². The number of rotatable bonds is 7. The van der Waals surface area contributed by atoms with Crippen LogP contribution in [0.25, 0.3) is 10.2 Å². The number of esters is 1. The van der Waals surface area contributed by atoms with Crippen LogP contribution in [-0.4, -0.2) is 37.3 Å². The molecule has 0 radical (unpaired) electrons. The van der Waals surface area contributed by atoms with Gasteiger partial charge in [0.25, 0.3) is 5.91 Å². The van der Waals surface area contributed by atoms with Crippen LogP contribution in [-0.2, 0) is 27.3 Å². The standard InChI is InChI=1S/C21H22N2O5S/c1-4-28-16-8-9-17-18(12-16)29-21(23(17)13-20(25)27-3)22-19(24)11-14-6-5-7-15(10-14)26-2/h5-10,12H,4,11,13H2,1-3H3. The average Bonchev–Trinajstić information content (AvgIpc) is 3.04. The van der Waals surface area contributed by atoms with Crippen molar-refractivity contribution >= 4 is 33.4 Å². The van der Waals surface area contributed by atoms with E-state index in [9.17, 15) is 9.59 Å². The SMILES string of the molecule is CCOc1ccc2c(c1)sc(=NC(=O)Cc1cccc(OC)c1)n2CC(=O)OC. The first-order valence-corrected chi connectivity index (χ1v) is 9.89. The highest BCUT2D eigenvalue weighted by atomic mass is 32.1. The summed E-state index contributed by atoms with van der Waals surface area (Å²) in [5, 5.41) is 0. The smallest absolute Gasteiger partial charge is 0.325 e. The van der Waals surface area contributed by atoms with Crippen molar-refractivity contribution in [3.8, 4) is 11.5 Å². The van der Waals surface area contributed by atoms with Gasteiger partial charge in [0.2, 0.25) is 0 Å². The fraction of sp³-hybridized carbons (Fsp3) is 0.286. The van der Waals surface area contributed by atoms with Crippen LogP contribution in [0.5, 0.6) is 11.5 Å².